The molecule has 0 radical (unpaired) electrons. The first-order valence-corrected chi connectivity index (χ1v) is 11.6. The van der Waals surface area contributed by atoms with Crippen LogP contribution >= 0.6 is 7.60 Å². The van der Waals surface area contributed by atoms with Crippen LogP contribution in [0.5, 0.6) is 0 Å². The van der Waals surface area contributed by atoms with Gasteiger partial charge in [0.05, 0.1) is 0 Å². The van der Waals surface area contributed by atoms with Gasteiger partial charge < -0.3 is 23.3 Å². The van der Waals surface area contributed by atoms with E-state index in [1.165, 1.54) is 14.2 Å². The normalized spacial score (nSPS) is 15.4. The van der Waals surface area contributed by atoms with Crippen molar-refractivity contribution in [1.82, 2.24) is 0 Å². The molecule has 0 rings (SSSR count). The molecule has 0 aromatic rings. The summed E-state index contributed by atoms with van der Waals surface area (Å²) in [5.74, 6) is -0.565. The van der Waals surface area contributed by atoms with E-state index in [1.54, 1.807) is 20.8 Å². The second-order valence-electron chi connectivity index (χ2n) is 7.55. The van der Waals surface area contributed by atoms with Crippen molar-refractivity contribution in [2.45, 2.75) is 65.3 Å². The molecule has 0 amide bonds. The average Bonchev–Trinajstić information content (AvgIpc) is 2.31. The Morgan fingerprint density at radius 3 is 1.68 bits per heavy atom. The highest BCUT2D eigenvalue weighted by Gasteiger charge is 2.46. The Bertz CT molecular complexity index is 451. The highest BCUT2D eigenvalue weighted by atomic mass is 31.2. The van der Waals surface area contributed by atoms with Gasteiger partial charge in [-0.25, -0.2) is 0 Å². The van der Waals surface area contributed by atoms with Gasteiger partial charge in [0.1, 0.15) is 5.60 Å². The van der Waals surface area contributed by atoms with Crippen LogP contribution in [0, 0.1) is 0 Å². The maximum Gasteiger partial charge on any atom is 0.401 e. The fraction of sp³-hybridized carbons (Fsp3) is 0.857. The minimum atomic E-state index is -3.78. The topological polar surface area (TPSA) is 74.2 Å². The predicted molar refractivity (Wildman–Crippen MR) is 90.4 cm³/mol. The second kappa shape index (κ2) is 6.95. The molecule has 0 aliphatic carbocycles. The Labute approximate surface area is 135 Å². The van der Waals surface area contributed by atoms with Crippen LogP contribution in [0.25, 0.3) is 0 Å². The molecule has 0 unspecified atom stereocenters. The van der Waals surface area contributed by atoms with Gasteiger partial charge in [0.15, 0.2) is 0 Å². The van der Waals surface area contributed by atoms with E-state index in [0.29, 0.717) is 0 Å². The molecule has 0 spiro atoms. The number of rotatable bonds is 6. The van der Waals surface area contributed by atoms with Crippen LogP contribution in [0.3, 0.4) is 0 Å². The summed E-state index contributed by atoms with van der Waals surface area (Å²) in [6, 6.07) is 0. The van der Waals surface area contributed by atoms with Gasteiger partial charge >= 0.3 is 13.5 Å². The molecule has 0 saturated heterocycles. The molecule has 0 heterocycles. The lowest BCUT2D eigenvalue weighted by Gasteiger charge is -2.38. The molecular formula is C14H31O6PSi. The molecule has 1 N–H and O–H groups in total. The summed E-state index contributed by atoms with van der Waals surface area (Å²) in [5, 5.41) is 10.1. The van der Waals surface area contributed by atoms with Crippen molar-refractivity contribution >= 4 is 15.9 Å². The summed E-state index contributed by atoms with van der Waals surface area (Å²) in [6.45, 7) is 15.3. The van der Waals surface area contributed by atoms with E-state index < -0.39 is 27.5 Å². The summed E-state index contributed by atoms with van der Waals surface area (Å²) in [6.07, 6.45) is 0. The van der Waals surface area contributed by atoms with Crippen LogP contribution < -0.4 is 0 Å². The molecular weight excluding hydrogens is 323 g/mol. The summed E-state index contributed by atoms with van der Waals surface area (Å²) < 4.78 is 34.1. The highest BCUT2D eigenvalue weighted by Crippen LogP contribution is 2.58. The Morgan fingerprint density at radius 1 is 1.00 bits per heavy atom. The van der Waals surface area contributed by atoms with Gasteiger partial charge in [0.25, 0.3) is 13.8 Å². The molecule has 6 nitrogen and oxygen atoms in total. The highest BCUT2D eigenvalue weighted by molar-refractivity contribution is 7.58. The largest absolute Gasteiger partial charge is 0.533 e. The van der Waals surface area contributed by atoms with Crippen molar-refractivity contribution in [2.24, 2.45) is 0 Å². The number of aliphatic hydroxyl groups is 1. The summed E-state index contributed by atoms with van der Waals surface area (Å²) in [5.41, 5.74) is -0.947. The van der Waals surface area contributed by atoms with Gasteiger partial charge in [-0.05, 0) is 38.9 Å². The SMILES string of the molecule is COP(=O)(OC)/C(O[Si](C)(C)C(C)(C)C)=C(\O)OC(C)(C)C. The van der Waals surface area contributed by atoms with Crippen molar-refractivity contribution < 1.29 is 27.9 Å². The van der Waals surface area contributed by atoms with E-state index >= 15 is 0 Å². The molecule has 8 heteroatoms. The molecule has 0 saturated carbocycles. The molecule has 132 valence electrons. The first kappa shape index (κ1) is 21.5. The van der Waals surface area contributed by atoms with E-state index in [9.17, 15) is 9.67 Å². The summed E-state index contributed by atoms with van der Waals surface area (Å²) in [4.78, 5) is 0. The van der Waals surface area contributed by atoms with E-state index in [1.807, 2.05) is 33.9 Å². The van der Waals surface area contributed by atoms with Crippen molar-refractivity contribution in [3.05, 3.63) is 11.4 Å². The molecule has 0 aliphatic rings. The van der Waals surface area contributed by atoms with Gasteiger partial charge in [-0.3, -0.25) is 4.57 Å². The molecule has 0 fully saturated rings. The second-order valence-corrected chi connectivity index (χ2v) is 14.4. The standard InChI is InChI=1S/C14H31O6PSi/c1-13(2,3)19-11(15)12(21(16,17-7)18-8)20-22(9,10)14(4,5)6/h15H,1-10H3/b12-11+. The van der Waals surface area contributed by atoms with Crippen molar-refractivity contribution in [3.63, 3.8) is 0 Å². The predicted octanol–water partition coefficient (Wildman–Crippen LogP) is 4.99. The number of aliphatic hydroxyl groups excluding tert-OH is 1. The summed E-state index contributed by atoms with van der Waals surface area (Å²) >= 11 is 0. The van der Waals surface area contributed by atoms with E-state index in [-0.39, 0.29) is 10.5 Å². The fourth-order valence-electron chi connectivity index (χ4n) is 1.19. The molecule has 0 aromatic heterocycles. The maximum atomic E-state index is 12.7. The smallest absolute Gasteiger partial charge is 0.401 e. The van der Waals surface area contributed by atoms with Crippen molar-refractivity contribution in [3.8, 4) is 0 Å². The van der Waals surface area contributed by atoms with Gasteiger partial charge in [-0.2, -0.15) is 0 Å². The lowest BCUT2D eigenvalue weighted by Crippen LogP contribution is -2.41. The number of hydrogen-bond acceptors (Lipinski definition) is 6. The van der Waals surface area contributed by atoms with Gasteiger partial charge in [0.2, 0.25) is 0 Å². The lowest BCUT2D eigenvalue weighted by molar-refractivity contribution is -0.0225. The Hall–Kier alpha value is -0.493. The van der Waals surface area contributed by atoms with Gasteiger partial charge in [-0.1, -0.05) is 20.8 Å². The number of hydrogen-bond donors (Lipinski definition) is 1. The molecule has 22 heavy (non-hydrogen) atoms. The van der Waals surface area contributed by atoms with Crippen LogP contribution in [-0.2, 0) is 22.8 Å². The summed E-state index contributed by atoms with van der Waals surface area (Å²) in [7, 11) is -3.68. The zero-order chi connectivity index (χ0) is 18.0. The first-order chi connectivity index (χ1) is 9.59. The Kier molecular flexibility index (Phi) is 6.79. The molecule has 0 bridgehead atoms. The lowest BCUT2D eigenvalue weighted by atomic mass is 10.2. The van der Waals surface area contributed by atoms with E-state index in [2.05, 4.69) is 0 Å². The molecule has 0 aromatic carbocycles. The molecule has 0 atom stereocenters. The number of ether oxygens (including phenoxy) is 1. The molecule has 0 aliphatic heterocycles. The van der Waals surface area contributed by atoms with Crippen LogP contribution in [0.15, 0.2) is 11.4 Å². The quantitative estimate of drug-likeness (QED) is 0.411. The van der Waals surface area contributed by atoms with Crippen molar-refractivity contribution in [1.29, 1.82) is 0 Å². The Morgan fingerprint density at radius 2 is 1.41 bits per heavy atom. The first-order valence-electron chi connectivity index (χ1n) is 7.13. The van der Waals surface area contributed by atoms with Crippen LogP contribution in [-0.4, -0.2) is 33.2 Å². The minimum Gasteiger partial charge on any atom is -0.533 e. The fourth-order valence-corrected chi connectivity index (χ4v) is 3.95. The van der Waals surface area contributed by atoms with Crippen LogP contribution in [0.4, 0.5) is 0 Å². The zero-order valence-electron chi connectivity index (χ0n) is 15.4. The van der Waals surface area contributed by atoms with Gasteiger partial charge in [0, 0.05) is 14.2 Å². The van der Waals surface area contributed by atoms with E-state index in [4.69, 9.17) is 18.2 Å². The third-order valence-electron chi connectivity index (χ3n) is 3.47. The Balaban J connectivity index is 5.96. The maximum absolute atomic E-state index is 12.7. The third kappa shape index (κ3) is 5.61. The van der Waals surface area contributed by atoms with Crippen LogP contribution in [0.2, 0.25) is 18.1 Å². The monoisotopic (exact) mass is 354 g/mol. The van der Waals surface area contributed by atoms with Gasteiger partial charge in [-0.15, -0.1) is 0 Å². The van der Waals surface area contributed by atoms with Crippen LogP contribution in [0.1, 0.15) is 41.5 Å². The van der Waals surface area contributed by atoms with Crippen molar-refractivity contribution in [2.75, 3.05) is 14.2 Å². The average molecular weight is 354 g/mol. The third-order valence-corrected chi connectivity index (χ3v) is 9.71. The van der Waals surface area contributed by atoms with E-state index in [0.717, 1.165) is 0 Å². The minimum absolute atomic E-state index is 0.160. The zero-order valence-corrected chi connectivity index (χ0v) is 17.3.